The molecule has 238 valence electrons. The van der Waals surface area contributed by atoms with Gasteiger partial charge in [-0.3, -0.25) is 0 Å². The molecule has 0 fully saturated rings. The van der Waals surface area contributed by atoms with Crippen LogP contribution in [0, 0.1) is 0 Å². The largest absolute Gasteiger partial charge is 0.462 e. The standard InChI is InChI=1S/C24H38O4.C13H16O2/c1-3-5-7-9-11-15-19-27-23(25)21-17-13-14-18-22(21)24(26)28-20-16-12-10-8-6-4-2;1-4-7-11-8-5-6-9-12(11)15-13(14)10(2)3/h13-14,17-18H,3-12,15-16,19-20H2,1-2H3;5-6,8-9H,2,4,7H2,1,3H3. The van der Waals surface area contributed by atoms with Crippen LogP contribution in [0.1, 0.15) is 137 Å². The minimum Gasteiger partial charge on any atom is -0.462 e. The molecule has 0 saturated heterocycles. The van der Waals surface area contributed by atoms with Crippen LogP contribution in [0.2, 0.25) is 0 Å². The summed E-state index contributed by atoms with van der Waals surface area (Å²) in [4.78, 5) is 36.1. The minimum absolute atomic E-state index is 0.293. The molecule has 43 heavy (non-hydrogen) atoms. The zero-order chi connectivity index (χ0) is 31.7. The highest BCUT2D eigenvalue weighted by Crippen LogP contribution is 2.20. The van der Waals surface area contributed by atoms with Gasteiger partial charge in [0, 0.05) is 5.57 Å². The fraction of sp³-hybridized carbons (Fsp3) is 0.541. The fourth-order valence-corrected chi connectivity index (χ4v) is 4.36. The molecule has 0 amide bonds. The zero-order valence-corrected chi connectivity index (χ0v) is 27.1. The first kappa shape index (κ1) is 37.6. The Morgan fingerprint density at radius 1 is 0.605 bits per heavy atom. The first-order valence-corrected chi connectivity index (χ1v) is 16.2. The predicted molar refractivity (Wildman–Crippen MR) is 175 cm³/mol. The van der Waals surface area contributed by atoms with E-state index in [2.05, 4.69) is 27.4 Å². The van der Waals surface area contributed by atoms with E-state index in [0.717, 1.165) is 44.1 Å². The van der Waals surface area contributed by atoms with Crippen LogP contribution < -0.4 is 4.74 Å². The molecule has 2 aromatic carbocycles. The molecule has 6 nitrogen and oxygen atoms in total. The van der Waals surface area contributed by atoms with Crippen molar-refractivity contribution in [2.75, 3.05) is 13.2 Å². The van der Waals surface area contributed by atoms with Gasteiger partial charge >= 0.3 is 17.9 Å². The molecule has 0 aromatic heterocycles. The summed E-state index contributed by atoms with van der Waals surface area (Å²) in [6, 6.07) is 14.3. The summed E-state index contributed by atoms with van der Waals surface area (Å²) in [5.74, 6) is -0.604. The summed E-state index contributed by atoms with van der Waals surface area (Å²) >= 11 is 0. The number of para-hydroxylation sites is 1. The number of rotatable bonds is 20. The Morgan fingerprint density at radius 3 is 1.51 bits per heavy atom. The molecule has 0 aliphatic carbocycles. The average molecular weight is 595 g/mol. The summed E-state index contributed by atoms with van der Waals surface area (Å²) in [5.41, 5.74) is 2.07. The van der Waals surface area contributed by atoms with Crippen molar-refractivity contribution in [1.29, 1.82) is 0 Å². The first-order chi connectivity index (χ1) is 20.8. The second-order valence-corrected chi connectivity index (χ2v) is 10.9. The molecule has 0 atom stereocenters. The minimum atomic E-state index is -0.444. The number of benzene rings is 2. The van der Waals surface area contributed by atoms with Crippen molar-refractivity contribution < 1.29 is 28.6 Å². The maximum Gasteiger partial charge on any atom is 0.339 e. The van der Waals surface area contributed by atoms with Gasteiger partial charge in [0.15, 0.2) is 0 Å². The number of aryl methyl sites for hydroxylation is 1. The summed E-state index contributed by atoms with van der Waals surface area (Å²) in [6.07, 6.45) is 15.6. The van der Waals surface area contributed by atoms with Crippen molar-refractivity contribution >= 4 is 17.9 Å². The van der Waals surface area contributed by atoms with Gasteiger partial charge in [-0.15, -0.1) is 0 Å². The normalized spacial score (nSPS) is 10.3. The topological polar surface area (TPSA) is 78.9 Å². The summed E-state index contributed by atoms with van der Waals surface area (Å²) in [5, 5.41) is 0. The second-order valence-electron chi connectivity index (χ2n) is 10.9. The van der Waals surface area contributed by atoms with E-state index in [1.165, 1.54) is 51.4 Å². The summed E-state index contributed by atoms with van der Waals surface area (Å²) in [6.45, 7) is 12.5. The van der Waals surface area contributed by atoms with E-state index in [0.29, 0.717) is 35.7 Å². The van der Waals surface area contributed by atoms with Crippen LogP contribution in [0.5, 0.6) is 5.75 Å². The molecule has 0 saturated carbocycles. The molecule has 0 radical (unpaired) electrons. The third kappa shape index (κ3) is 16.7. The molecule has 0 heterocycles. The van der Waals surface area contributed by atoms with Crippen LogP contribution in [-0.2, 0) is 20.7 Å². The van der Waals surface area contributed by atoms with Crippen molar-refractivity contribution in [1.82, 2.24) is 0 Å². The van der Waals surface area contributed by atoms with E-state index in [9.17, 15) is 14.4 Å². The van der Waals surface area contributed by atoms with Crippen molar-refractivity contribution in [3.8, 4) is 5.75 Å². The van der Waals surface area contributed by atoms with Crippen LogP contribution in [0.3, 0.4) is 0 Å². The molecular weight excluding hydrogens is 540 g/mol. The molecule has 0 aliphatic rings. The number of unbranched alkanes of at least 4 members (excludes halogenated alkanes) is 10. The number of carbonyl (C=O) groups is 3. The van der Waals surface area contributed by atoms with E-state index in [4.69, 9.17) is 14.2 Å². The Kier molecular flexibility index (Phi) is 21.1. The highest BCUT2D eigenvalue weighted by molar-refractivity contribution is 6.03. The summed E-state index contributed by atoms with van der Waals surface area (Å²) < 4.78 is 15.9. The SMILES string of the molecule is C=C(C)C(=O)Oc1ccccc1CCC.CCCCCCCCOC(=O)c1ccccc1C(=O)OCCCCCCCC. The van der Waals surface area contributed by atoms with Crippen LogP contribution >= 0.6 is 0 Å². The van der Waals surface area contributed by atoms with E-state index in [1.807, 2.05) is 24.3 Å². The van der Waals surface area contributed by atoms with Gasteiger partial charge in [-0.05, 0) is 49.9 Å². The number of ether oxygens (including phenoxy) is 3. The van der Waals surface area contributed by atoms with Crippen LogP contribution in [-0.4, -0.2) is 31.1 Å². The quantitative estimate of drug-likeness (QED) is 0.0657. The Hall–Kier alpha value is -3.41. The Labute approximate surface area is 260 Å². The predicted octanol–water partition coefficient (Wildman–Crippen LogP) is 9.84. The average Bonchev–Trinajstić information content (AvgIpc) is 3.01. The highest BCUT2D eigenvalue weighted by Gasteiger charge is 2.18. The lowest BCUT2D eigenvalue weighted by molar-refractivity contribution is -0.130. The van der Waals surface area contributed by atoms with E-state index < -0.39 is 11.9 Å². The van der Waals surface area contributed by atoms with Gasteiger partial charge in [-0.1, -0.05) is 128 Å². The number of esters is 3. The molecule has 0 N–H and O–H groups in total. The van der Waals surface area contributed by atoms with Crippen molar-refractivity contribution in [3.63, 3.8) is 0 Å². The Bertz CT molecular complexity index is 1040. The van der Waals surface area contributed by atoms with Crippen LogP contribution in [0.25, 0.3) is 0 Å². The summed E-state index contributed by atoms with van der Waals surface area (Å²) in [7, 11) is 0. The third-order valence-corrected chi connectivity index (χ3v) is 6.87. The van der Waals surface area contributed by atoms with E-state index in [-0.39, 0.29) is 5.97 Å². The van der Waals surface area contributed by atoms with Crippen molar-refractivity contribution in [3.05, 3.63) is 77.4 Å². The fourth-order valence-electron chi connectivity index (χ4n) is 4.36. The molecule has 6 heteroatoms. The monoisotopic (exact) mass is 594 g/mol. The van der Waals surface area contributed by atoms with E-state index in [1.54, 1.807) is 31.2 Å². The molecule has 0 spiro atoms. The van der Waals surface area contributed by atoms with Gasteiger partial charge in [-0.2, -0.15) is 0 Å². The maximum atomic E-state index is 12.4. The zero-order valence-electron chi connectivity index (χ0n) is 27.1. The number of hydrogen-bond donors (Lipinski definition) is 0. The smallest absolute Gasteiger partial charge is 0.339 e. The molecular formula is C37H54O6. The maximum absolute atomic E-state index is 12.4. The molecule has 0 aliphatic heterocycles. The molecule has 2 aromatic rings. The lowest BCUT2D eigenvalue weighted by Crippen LogP contribution is -2.15. The van der Waals surface area contributed by atoms with Gasteiger partial charge in [0.2, 0.25) is 0 Å². The number of carbonyl (C=O) groups excluding carboxylic acids is 3. The second kappa shape index (κ2) is 24.1. The number of hydrogen-bond acceptors (Lipinski definition) is 6. The Morgan fingerprint density at radius 2 is 1.05 bits per heavy atom. The van der Waals surface area contributed by atoms with Crippen LogP contribution in [0.15, 0.2) is 60.7 Å². The van der Waals surface area contributed by atoms with Crippen LogP contribution in [0.4, 0.5) is 0 Å². The van der Waals surface area contributed by atoms with Gasteiger partial charge < -0.3 is 14.2 Å². The third-order valence-electron chi connectivity index (χ3n) is 6.87. The lowest BCUT2D eigenvalue weighted by Gasteiger charge is -2.10. The van der Waals surface area contributed by atoms with Gasteiger partial charge in [-0.25, -0.2) is 14.4 Å². The van der Waals surface area contributed by atoms with E-state index >= 15 is 0 Å². The van der Waals surface area contributed by atoms with Crippen molar-refractivity contribution in [2.45, 2.75) is 118 Å². The Balaban J connectivity index is 0.000000517. The lowest BCUT2D eigenvalue weighted by atomic mass is 10.1. The van der Waals surface area contributed by atoms with Gasteiger partial charge in [0.05, 0.1) is 24.3 Å². The first-order valence-electron chi connectivity index (χ1n) is 16.2. The molecule has 0 unspecified atom stereocenters. The molecule has 2 rings (SSSR count). The van der Waals surface area contributed by atoms with Gasteiger partial charge in [0.25, 0.3) is 0 Å². The highest BCUT2D eigenvalue weighted by atomic mass is 16.5. The van der Waals surface area contributed by atoms with Gasteiger partial charge in [0.1, 0.15) is 5.75 Å². The van der Waals surface area contributed by atoms with Crippen molar-refractivity contribution in [2.24, 2.45) is 0 Å². The molecule has 0 bridgehead atoms.